The van der Waals surface area contributed by atoms with Crippen LogP contribution in [0.4, 0.5) is 0 Å². The summed E-state index contributed by atoms with van der Waals surface area (Å²) in [4.78, 5) is 10.4. The van der Waals surface area contributed by atoms with Crippen molar-refractivity contribution < 1.29 is 0 Å². The molecule has 3 heterocycles. The van der Waals surface area contributed by atoms with Crippen LogP contribution >= 0.6 is 54.8 Å². The maximum atomic E-state index is 5.89. The molecule has 0 unspecified atom stereocenters. The van der Waals surface area contributed by atoms with Crippen LogP contribution in [0.2, 0.25) is 0 Å². The number of thiophene rings is 1. The minimum absolute atomic E-state index is 0.552. The van der Waals surface area contributed by atoms with Gasteiger partial charge in [-0.05, 0) is 49.4 Å². The van der Waals surface area contributed by atoms with Crippen molar-refractivity contribution in [3.8, 4) is 0 Å². The number of hydrogen-bond acceptors (Lipinski definition) is 3. The molecule has 104 valence electrons. The molecule has 7 heteroatoms. The van der Waals surface area contributed by atoms with Crippen molar-refractivity contribution in [2.75, 3.05) is 5.88 Å². The Morgan fingerprint density at radius 3 is 2.90 bits per heavy atom. The molecule has 0 aliphatic rings. The van der Waals surface area contributed by atoms with E-state index >= 15 is 0 Å². The van der Waals surface area contributed by atoms with E-state index < -0.39 is 0 Å². The van der Waals surface area contributed by atoms with Crippen LogP contribution in [0.5, 0.6) is 0 Å². The summed E-state index contributed by atoms with van der Waals surface area (Å²) >= 11 is 14.6. The fraction of sp³-hybridized carbons (Fsp3) is 0.231. The number of aromatic nitrogens is 3. The lowest BCUT2D eigenvalue weighted by atomic mass is 10.4. The van der Waals surface area contributed by atoms with Gasteiger partial charge in [-0.25, -0.2) is 9.97 Å². The molecule has 0 saturated heterocycles. The Hall–Kier alpha value is -0.430. The highest BCUT2D eigenvalue weighted by atomic mass is 79.9. The quantitative estimate of drug-likeness (QED) is 0.549. The number of pyridine rings is 1. The molecular weight excluding hydrogens is 425 g/mol. The number of aryl methyl sites for hydroxylation is 1. The Morgan fingerprint density at radius 1 is 1.35 bits per heavy atom. The molecule has 3 aromatic heterocycles. The summed E-state index contributed by atoms with van der Waals surface area (Å²) in [5.41, 5.74) is 1.79. The van der Waals surface area contributed by atoms with Crippen molar-refractivity contribution in [1.82, 2.24) is 14.5 Å². The van der Waals surface area contributed by atoms with E-state index in [1.807, 2.05) is 6.07 Å². The summed E-state index contributed by atoms with van der Waals surface area (Å²) in [6.07, 6.45) is 2.53. The lowest BCUT2D eigenvalue weighted by Gasteiger charge is -2.07. The van der Waals surface area contributed by atoms with Gasteiger partial charge in [0.25, 0.3) is 0 Å². The highest BCUT2D eigenvalue weighted by Crippen LogP contribution is 2.26. The summed E-state index contributed by atoms with van der Waals surface area (Å²) in [6.45, 7) is 0.760. The van der Waals surface area contributed by atoms with Gasteiger partial charge in [0.15, 0.2) is 5.65 Å². The molecule has 0 atom stereocenters. The molecule has 0 spiro atoms. The zero-order valence-electron chi connectivity index (χ0n) is 10.3. The first-order valence-electron chi connectivity index (χ1n) is 5.97. The third-order valence-electron chi connectivity index (χ3n) is 2.94. The normalized spacial score (nSPS) is 11.3. The first-order chi connectivity index (χ1) is 9.69. The monoisotopic (exact) mass is 433 g/mol. The molecule has 0 N–H and O–H groups in total. The van der Waals surface area contributed by atoms with E-state index in [1.165, 1.54) is 4.88 Å². The van der Waals surface area contributed by atoms with E-state index in [4.69, 9.17) is 11.6 Å². The summed E-state index contributed by atoms with van der Waals surface area (Å²) in [5.74, 6) is 1.52. The molecule has 3 aromatic rings. The molecule has 3 rings (SSSR count). The SMILES string of the molecule is ClCCc1nc2cc(Br)cnc2n1Cc1sccc1Br. The van der Waals surface area contributed by atoms with Gasteiger partial charge in [0.2, 0.25) is 0 Å². The van der Waals surface area contributed by atoms with Crippen molar-refractivity contribution in [3.63, 3.8) is 0 Å². The zero-order chi connectivity index (χ0) is 14.1. The second-order valence-corrected chi connectivity index (χ2v) is 7.39. The lowest BCUT2D eigenvalue weighted by molar-refractivity contribution is 0.754. The first-order valence-corrected chi connectivity index (χ1v) is 8.97. The number of rotatable bonds is 4. The van der Waals surface area contributed by atoms with E-state index in [2.05, 4.69) is 57.8 Å². The molecule has 0 bridgehead atoms. The molecular formula is C13H10Br2ClN3S. The second-order valence-electron chi connectivity index (χ2n) is 4.24. The van der Waals surface area contributed by atoms with E-state index in [-0.39, 0.29) is 0 Å². The smallest absolute Gasteiger partial charge is 0.160 e. The maximum absolute atomic E-state index is 5.89. The van der Waals surface area contributed by atoms with E-state index in [9.17, 15) is 0 Å². The van der Waals surface area contributed by atoms with Crippen molar-refractivity contribution in [2.24, 2.45) is 0 Å². The van der Waals surface area contributed by atoms with E-state index in [1.54, 1.807) is 17.5 Å². The summed E-state index contributed by atoms with van der Waals surface area (Å²) < 4.78 is 4.20. The summed E-state index contributed by atoms with van der Waals surface area (Å²) in [6, 6.07) is 4.05. The second kappa shape index (κ2) is 6.13. The topological polar surface area (TPSA) is 30.7 Å². The number of fused-ring (bicyclic) bond motifs is 1. The van der Waals surface area contributed by atoms with E-state index in [0.29, 0.717) is 5.88 Å². The van der Waals surface area contributed by atoms with Gasteiger partial charge in [-0.1, -0.05) is 0 Å². The van der Waals surface area contributed by atoms with Crippen LogP contribution < -0.4 is 0 Å². The highest BCUT2D eigenvalue weighted by molar-refractivity contribution is 9.10. The van der Waals surface area contributed by atoms with Gasteiger partial charge in [0.1, 0.15) is 11.3 Å². The van der Waals surface area contributed by atoms with Gasteiger partial charge >= 0.3 is 0 Å². The summed E-state index contributed by atoms with van der Waals surface area (Å²) in [5, 5.41) is 2.07. The van der Waals surface area contributed by atoms with Crippen LogP contribution in [0.25, 0.3) is 11.2 Å². The van der Waals surface area contributed by atoms with Crippen molar-refractivity contribution >= 4 is 66.0 Å². The Balaban J connectivity index is 2.11. The largest absolute Gasteiger partial charge is 0.307 e. The number of halogens is 3. The minimum atomic E-state index is 0.552. The summed E-state index contributed by atoms with van der Waals surface area (Å²) in [7, 11) is 0. The van der Waals surface area contributed by atoms with Gasteiger partial charge in [0, 0.05) is 32.3 Å². The first kappa shape index (κ1) is 14.5. The molecule has 3 nitrogen and oxygen atoms in total. The van der Waals surface area contributed by atoms with Crippen LogP contribution in [-0.2, 0) is 13.0 Å². The molecule has 20 heavy (non-hydrogen) atoms. The zero-order valence-corrected chi connectivity index (χ0v) is 15.1. The number of alkyl halides is 1. The molecule has 0 aliphatic heterocycles. The highest BCUT2D eigenvalue weighted by Gasteiger charge is 2.14. The molecule has 0 fully saturated rings. The average molecular weight is 436 g/mol. The lowest BCUT2D eigenvalue weighted by Crippen LogP contribution is -2.06. The van der Waals surface area contributed by atoms with Crippen molar-refractivity contribution in [3.05, 3.63) is 43.4 Å². The number of imidazole rings is 1. The third kappa shape index (κ3) is 2.79. The standard InChI is InChI=1S/C13H10Br2ClN3S/c14-8-5-10-13(17-6-8)19(12(18-10)1-3-16)7-11-9(15)2-4-20-11/h2,4-6H,1,3,7H2. The molecule has 0 saturated carbocycles. The Morgan fingerprint density at radius 2 is 2.20 bits per heavy atom. The maximum Gasteiger partial charge on any atom is 0.160 e. The average Bonchev–Trinajstić information content (AvgIpc) is 2.96. The molecule has 0 aromatic carbocycles. The Bertz CT molecular complexity index is 753. The Kier molecular flexibility index (Phi) is 4.45. The van der Waals surface area contributed by atoms with Gasteiger partial charge < -0.3 is 4.57 Å². The van der Waals surface area contributed by atoms with Crippen LogP contribution in [0, 0.1) is 0 Å². The van der Waals surface area contributed by atoms with E-state index in [0.717, 1.165) is 38.9 Å². The van der Waals surface area contributed by atoms with Gasteiger partial charge in [-0.2, -0.15) is 0 Å². The van der Waals surface area contributed by atoms with Gasteiger partial charge in [0.05, 0.1) is 6.54 Å². The molecule has 0 radical (unpaired) electrons. The predicted octanol–water partition coefficient (Wildman–Crippen LogP) is 4.85. The molecule has 0 aliphatic carbocycles. The van der Waals surface area contributed by atoms with Crippen LogP contribution in [0.1, 0.15) is 10.7 Å². The minimum Gasteiger partial charge on any atom is -0.307 e. The van der Waals surface area contributed by atoms with Crippen LogP contribution in [0.3, 0.4) is 0 Å². The third-order valence-corrected chi connectivity index (χ3v) is 5.48. The predicted molar refractivity (Wildman–Crippen MR) is 90.8 cm³/mol. The fourth-order valence-electron chi connectivity index (χ4n) is 2.06. The van der Waals surface area contributed by atoms with Gasteiger partial charge in [-0.15, -0.1) is 22.9 Å². The van der Waals surface area contributed by atoms with Gasteiger partial charge in [-0.3, -0.25) is 0 Å². The van der Waals surface area contributed by atoms with Crippen molar-refractivity contribution in [1.29, 1.82) is 0 Å². The fourth-order valence-corrected chi connectivity index (χ4v) is 4.01. The molecule has 0 amide bonds. The van der Waals surface area contributed by atoms with Crippen LogP contribution in [-0.4, -0.2) is 20.4 Å². The Labute approximate surface area is 142 Å². The number of nitrogens with zero attached hydrogens (tertiary/aromatic N) is 3. The number of hydrogen-bond donors (Lipinski definition) is 0. The van der Waals surface area contributed by atoms with Crippen molar-refractivity contribution in [2.45, 2.75) is 13.0 Å². The van der Waals surface area contributed by atoms with Crippen LogP contribution in [0.15, 0.2) is 32.7 Å².